The van der Waals surface area contributed by atoms with Gasteiger partial charge in [0, 0.05) is 32.1 Å². The maximum atomic E-state index is 14.0. The van der Waals surface area contributed by atoms with Crippen LogP contribution in [-0.2, 0) is 28.2 Å². The molecule has 0 spiro atoms. The molecule has 1 aliphatic carbocycles. The van der Waals surface area contributed by atoms with E-state index >= 15 is 0 Å². The summed E-state index contributed by atoms with van der Waals surface area (Å²) in [5.74, 6) is -2.15. The normalized spacial score (nSPS) is 19.5. The number of aliphatic hydroxyl groups is 1. The minimum Gasteiger partial charge on any atom is -0.463 e. The Morgan fingerprint density at radius 1 is 1.22 bits per heavy atom. The molecule has 2 aromatic carbocycles. The van der Waals surface area contributed by atoms with Crippen molar-refractivity contribution in [2.24, 2.45) is 5.92 Å². The number of fused-ring (bicyclic) bond motifs is 1. The molecule has 0 saturated heterocycles. The molecule has 0 unspecified atom stereocenters. The number of aromatic nitrogens is 2. The molecule has 9 heteroatoms. The molecule has 37 heavy (non-hydrogen) atoms. The Kier molecular flexibility index (Phi) is 6.90. The first-order chi connectivity index (χ1) is 17.8. The highest BCUT2D eigenvalue weighted by Crippen LogP contribution is 2.47. The van der Waals surface area contributed by atoms with E-state index in [4.69, 9.17) is 14.2 Å². The van der Waals surface area contributed by atoms with E-state index in [0.717, 1.165) is 22.9 Å². The molecule has 0 bridgehead atoms. The number of imidazole rings is 1. The summed E-state index contributed by atoms with van der Waals surface area (Å²) in [5, 5.41) is 11.4. The van der Waals surface area contributed by atoms with Gasteiger partial charge >= 0.3 is 5.97 Å². The van der Waals surface area contributed by atoms with Crippen LogP contribution in [0.2, 0.25) is 0 Å². The van der Waals surface area contributed by atoms with Gasteiger partial charge in [-0.25, -0.2) is 22.7 Å². The Labute approximate surface area is 214 Å². The van der Waals surface area contributed by atoms with E-state index in [2.05, 4.69) is 9.13 Å². The smallest absolute Gasteiger partial charge is 0.343 e. The van der Waals surface area contributed by atoms with Crippen LogP contribution in [0.1, 0.15) is 42.6 Å². The molecule has 2 atom stereocenters. The van der Waals surface area contributed by atoms with E-state index < -0.39 is 29.8 Å². The molecule has 0 radical (unpaired) electrons. The fraction of sp³-hybridized carbons (Fsp3) is 0.429. The fourth-order valence-corrected chi connectivity index (χ4v) is 5.21. The molecule has 1 saturated carbocycles. The van der Waals surface area contributed by atoms with Gasteiger partial charge in [0.1, 0.15) is 18.9 Å². The van der Waals surface area contributed by atoms with Gasteiger partial charge in [-0.15, -0.1) is 0 Å². The van der Waals surface area contributed by atoms with Crippen LogP contribution in [0.3, 0.4) is 0 Å². The van der Waals surface area contributed by atoms with Crippen LogP contribution in [0, 0.1) is 12.8 Å². The number of alkyl halides is 2. The minimum atomic E-state index is -2.89. The van der Waals surface area contributed by atoms with Crippen LogP contribution in [0.25, 0.3) is 0 Å². The van der Waals surface area contributed by atoms with Gasteiger partial charge in [0.2, 0.25) is 12.7 Å². The summed E-state index contributed by atoms with van der Waals surface area (Å²) in [6.07, 6.45) is 3.63. The van der Waals surface area contributed by atoms with Gasteiger partial charge in [0.15, 0.2) is 17.1 Å². The zero-order chi connectivity index (χ0) is 26.0. The van der Waals surface area contributed by atoms with Gasteiger partial charge < -0.3 is 19.3 Å². The first-order valence-electron chi connectivity index (χ1n) is 12.5. The maximum absolute atomic E-state index is 14.0. The second-order valence-corrected chi connectivity index (χ2v) is 9.77. The topological polar surface area (TPSA) is 73.8 Å². The number of benzene rings is 2. The van der Waals surface area contributed by atoms with Crippen molar-refractivity contribution < 1.29 is 37.5 Å². The van der Waals surface area contributed by atoms with Gasteiger partial charge in [-0.05, 0) is 29.7 Å². The number of hydrogen-bond donors (Lipinski definition) is 1. The average molecular weight is 514 g/mol. The van der Waals surface area contributed by atoms with E-state index in [1.165, 1.54) is 0 Å². The van der Waals surface area contributed by atoms with Crippen LogP contribution >= 0.6 is 0 Å². The SMILES string of the molecule is Cc1n(CCCOC(=O)[C@](O)(c2ccccc2)[C@@H]2CCC(F)(F)C2)cc[n+]1Cc1ccc2c(c1)OCO2. The lowest BCUT2D eigenvalue weighted by Crippen LogP contribution is -2.44. The highest BCUT2D eigenvalue weighted by molar-refractivity contribution is 5.81. The quantitative estimate of drug-likeness (QED) is 0.265. The van der Waals surface area contributed by atoms with Crippen LogP contribution in [0.15, 0.2) is 60.9 Å². The predicted molar refractivity (Wildman–Crippen MR) is 129 cm³/mol. The molecule has 7 nitrogen and oxygen atoms in total. The minimum absolute atomic E-state index is 0.0550. The van der Waals surface area contributed by atoms with Gasteiger partial charge in [-0.2, -0.15) is 0 Å². The maximum Gasteiger partial charge on any atom is 0.343 e. The van der Waals surface area contributed by atoms with E-state index in [1.54, 1.807) is 30.3 Å². The summed E-state index contributed by atoms with van der Waals surface area (Å²) in [5.41, 5.74) is -0.728. The third-order valence-corrected chi connectivity index (χ3v) is 7.34. The summed E-state index contributed by atoms with van der Waals surface area (Å²) >= 11 is 0. The number of nitrogens with zero attached hydrogens (tertiary/aromatic N) is 2. The van der Waals surface area contributed by atoms with E-state index in [1.807, 2.05) is 37.5 Å². The zero-order valence-corrected chi connectivity index (χ0v) is 20.7. The van der Waals surface area contributed by atoms with Gasteiger partial charge in [0.25, 0.3) is 5.82 Å². The van der Waals surface area contributed by atoms with Crippen molar-refractivity contribution in [1.82, 2.24) is 4.57 Å². The summed E-state index contributed by atoms with van der Waals surface area (Å²) in [6.45, 7) is 3.57. The molecule has 0 amide bonds. The number of carbonyl (C=O) groups is 1. The lowest BCUT2D eigenvalue weighted by molar-refractivity contribution is -0.694. The van der Waals surface area contributed by atoms with Gasteiger partial charge in [-0.1, -0.05) is 36.4 Å². The first-order valence-corrected chi connectivity index (χ1v) is 12.5. The van der Waals surface area contributed by atoms with Crippen molar-refractivity contribution in [2.45, 2.75) is 57.2 Å². The zero-order valence-electron chi connectivity index (χ0n) is 20.7. The molecule has 1 fully saturated rings. The summed E-state index contributed by atoms with van der Waals surface area (Å²) in [6, 6.07) is 14.1. The lowest BCUT2D eigenvalue weighted by Gasteiger charge is -2.32. The molecule has 196 valence electrons. The average Bonchev–Trinajstić information content (AvgIpc) is 3.60. The molecule has 1 N–H and O–H groups in total. The molecular formula is C28H31F2N2O5+. The fourth-order valence-electron chi connectivity index (χ4n) is 5.21. The van der Waals surface area contributed by atoms with E-state index in [-0.39, 0.29) is 31.8 Å². The molecule has 5 rings (SSSR count). The van der Waals surface area contributed by atoms with Crippen molar-refractivity contribution in [3.63, 3.8) is 0 Å². The van der Waals surface area contributed by atoms with Crippen molar-refractivity contribution in [3.05, 3.63) is 77.9 Å². The second kappa shape index (κ2) is 10.1. The molecule has 1 aromatic heterocycles. The van der Waals surface area contributed by atoms with Crippen LogP contribution in [0.4, 0.5) is 8.78 Å². The number of hydrogen-bond acceptors (Lipinski definition) is 5. The predicted octanol–water partition coefficient (Wildman–Crippen LogP) is 4.12. The number of aryl methyl sites for hydroxylation is 1. The highest BCUT2D eigenvalue weighted by atomic mass is 19.3. The Hall–Kier alpha value is -3.46. The third-order valence-electron chi connectivity index (χ3n) is 7.34. The Morgan fingerprint density at radius 2 is 2.00 bits per heavy atom. The number of halogens is 2. The lowest BCUT2D eigenvalue weighted by atomic mass is 9.80. The summed E-state index contributed by atoms with van der Waals surface area (Å²) in [7, 11) is 0. The van der Waals surface area contributed by atoms with Crippen molar-refractivity contribution in [2.75, 3.05) is 13.4 Å². The van der Waals surface area contributed by atoms with Crippen LogP contribution in [-0.4, -0.2) is 35.0 Å². The molecule has 3 aromatic rings. The summed E-state index contributed by atoms with van der Waals surface area (Å²) in [4.78, 5) is 13.1. The molecule has 2 heterocycles. The number of rotatable bonds is 9. The van der Waals surface area contributed by atoms with E-state index in [9.17, 15) is 18.7 Å². The summed E-state index contributed by atoms with van der Waals surface area (Å²) < 4.78 is 48.4. The monoisotopic (exact) mass is 513 g/mol. The van der Waals surface area contributed by atoms with Crippen molar-refractivity contribution in [3.8, 4) is 11.5 Å². The van der Waals surface area contributed by atoms with Crippen LogP contribution < -0.4 is 14.0 Å². The van der Waals surface area contributed by atoms with Gasteiger partial charge in [-0.3, -0.25) is 0 Å². The number of esters is 1. The Morgan fingerprint density at radius 3 is 2.76 bits per heavy atom. The van der Waals surface area contributed by atoms with Gasteiger partial charge in [0.05, 0.1) is 13.2 Å². The molecule has 2 aliphatic rings. The van der Waals surface area contributed by atoms with Crippen molar-refractivity contribution >= 4 is 5.97 Å². The number of ether oxygens (including phenoxy) is 3. The molecule has 1 aliphatic heterocycles. The first kappa shape index (κ1) is 25.2. The second-order valence-electron chi connectivity index (χ2n) is 9.77. The number of carbonyl (C=O) groups excluding carboxylic acids is 1. The molecular weight excluding hydrogens is 482 g/mol. The Bertz CT molecular complexity index is 1260. The third kappa shape index (κ3) is 5.18. The van der Waals surface area contributed by atoms with Crippen molar-refractivity contribution in [1.29, 1.82) is 0 Å². The highest BCUT2D eigenvalue weighted by Gasteiger charge is 2.54. The van der Waals surface area contributed by atoms with E-state index in [0.29, 0.717) is 19.5 Å². The van der Waals surface area contributed by atoms with Crippen LogP contribution in [0.5, 0.6) is 11.5 Å². The largest absolute Gasteiger partial charge is 0.463 e. The standard InChI is InChI=1S/C28H31F2N2O5/c1-20-31(13-14-32(20)18-21-8-9-24-25(16-21)37-19-36-24)12-5-15-35-26(33)28(34,22-6-3-2-4-7-22)23-10-11-27(29,30)17-23/h2-4,6-9,13-14,16,23,34H,5,10-12,15,17-19H2,1H3/q+1/t23-,28+/m1/s1. The Balaban J connectivity index is 1.19.